The van der Waals surface area contributed by atoms with Crippen LogP contribution in [0.3, 0.4) is 0 Å². The summed E-state index contributed by atoms with van der Waals surface area (Å²) in [5, 5.41) is 13.0. The molecule has 0 radical (unpaired) electrons. The van der Waals surface area contributed by atoms with Crippen LogP contribution in [0.4, 0.5) is 4.39 Å². The molecule has 8 heteroatoms. The summed E-state index contributed by atoms with van der Waals surface area (Å²) in [5.41, 5.74) is 1.32. The lowest BCUT2D eigenvalue weighted by Crippen LogP contribution is -2.46. The zero-order valence-electron chi connectivity index (χ0n) is 22.6. The molecule has 3 aliphatic carbocycles. The number of carboxylic acid groups (broad SMARTS) is 1. The molecule has 3 aliphatic rings. The molecule has 3 saturated carbocycles. The minimum Gasteiger partial charge on any atom is -0.496 e. The topological polar surface area (TPSA) is 102 Å². The van der Waals surface area contributed by atoms with Crippen LogP contribution in [0.15, 0.2) is 48.0 Å². The lowest BCUT2D eigenvalue weighted by Gasteiger charge is -2.28. The Morgan fingerprint density at radius 2 is 1.74 bits per heavy atom. The molecule has 0 aliphatic heterocycles. The summed E-state index contributed by atoms with van der Waals surface area (Å²) in [6.07, 6.45) is 6.17. The van der Waals surface area contributed by atoms with Gasteiger partial charge in [0.25, 0.3) is 5.91 Å². The number of allylic oxidation sites excluding steroid dienone is 1. The number of methoxy groups -OCH3 is 1. The number of nitrogens with one attached hydrogen (secondary N) is 1. The summed E-state index contributed by atoms with van der Waals surface area (Å²) in [6.45, 7) is 5.25. The van der Waals surface area contributed by atoms with E-state index < -0.39 is 41.2 Å². The number of hydrogen-bond acceptors (Lipinski definition) is 5. The van der Waals surface area contributed by atoms with E-state index in [1.54, 1.807) is 32.9 Å². The van der Waals surface area contributed by atoms with Gasteiger partial charge in [0.1, 0.15) is 17.2 Å². The number of aliphatic carboxylic acids is 1. The van der Waals surface area contributed by atoms with Crippen LogP contribution in [0.2, 0.25) is 0 Å². The van der Waals surface area contributed by atoms with Gasteiger partial charge in [0.15, 0.2) is 0 Å². The third-order valence-electron chi connectivity index (χ3n) is 7.89. The predicted octanol–water partition coefficient (Wildman–Crippen LogP) is 5.63. The van der Waals surface area contributed by atoms with E-state index >= 15 is 0 Å². The minimum absolute atomic E-state index is 0.00205. The average Bonchev–Trinajstić information content (AvgIpc) is 3.55. The molecule has 206 valence electrons. The van der Waals surface area contributed by atoms with Gasteiger partial charge in [-0.1, -0.05) is 17.7 Å². The third kappa shape index (κ3) is 5.42. The fourth-order valence-electron chi connectivity index (χ4n) is 6.03. The molecule has 5 rings (SSSR count). The lowest BCUT2D eigenvalue weighted by molar-refractivity contribution is -0.144. The molecule has 0 aromatic heterocycles. The van der Waals surface area contributed by atoms with E-state index in [1.807, 2.05) is 0 Å². The summed E-state index contributed by atoms with van der Waals surface area (Å²) in [4.78, 5) is 38.4. The van der Waals surface area contributed by atoms with Gasteiger partial charge in [-0.15, -0.1) is 0 Å². The number of carbonyl (C=O) groups is 3. The lowest BCUT2D eigenvalue weighted by atomic mass is 9.84. The molecule has 0 spiro atoms. The molecule has 2 bridgehead atoms. The van der Waals surface area contributed by atoms with E-state index in [0.29, 0.717) is 11.5 Å². The van der Waals surface area contributed by atoms with Crippen LogP contribution in [0, 0.1) is 29.5 Å². The molecule has 7 nitrogen and oxygen atoms in total. The van der Waals surface area contributed by atoms with Crippen LogP contribution >= 0.6 is 0 Å². The first-order chi connectivity index (χ1) is 18.5. The van der Waals surface area contributed by atoms with Gasteiger partial charge in [0.05, 0.1) is 24.2 Å². The van der Waals surface area contributed by atoms with E-state index in [-0.39, 0.29) is 34.3 Å². The number of carbonyl (C=O) groups excluding carboxylic acids is 2. The highest BCUT2D eigenvalue weighted by molar-refractivity contribution is 5.99. The highest BCUT2D eigenvalue weighted by Crippen LogP contribution is 2.54. The number of amides is 1. The summed E-state index contributed by atoms with van der Waals surface area (Å²) >= 11 is 0. The second kappa shape index (κ2) is 10.1. The maximum Gasteiger partial charge on any atom is 0.338 e. The third-order valence-corrected chi connectivity index (χ3v) is 7.89. The van der Waals surface area contributed by atoms with Crippen molar-refractivity contribution in [2.45, 2.75) is 58.1 Å². The van der Waals surface area contributed by atoms with E-state index in [0.717, 1.165) is 25.7 Å². The van der Waals surface area contributed by atoms with Gasteiger partial charge in [0.2, 0.25) is 0 Å². The molecule has 0 heterocycles. The van der Waals surface area contributed by atoms with Crippen molar-refractivity contribution in [1.82, 2.24) is 5.32 Å². The van der Waals surface area contributed by atoms with Crippen molar-refractivity contribution in [1.29, 1.82) is 0 Å². The molecule has 2 N–H and O–H groups in total. The number of benzene rings is 2. The van der Waals surface area contributed by atoms with Crippen LogP contribution in [-0.4, -0.2) is 41.7 Å². The van der Waals surface area contributed by atoms with Crippen molar-refractivity contribution in [3.8, 4) is 16.9 Å². The van der Waals surface area contributed by atoms with E-state index in [9.17, 15) is 23.9 Å². The highest BCUT2D eigenvalue weighted by atomic mass is 19.1. The molecule has 2 aromatic carbocycles. The Labute approximate surface area is 227 Å². The summed E-state index contributed by atoms with van der Waals surface area (Å²) in [7, 11) is 1.43. The zero-order chi connectivity index (χ0) is 28.1. The monoisotopic (exact) mass is 535 g/mol. The molecular formula is C31H34FNO6. The molecule has 1 amide bonds. The van der Waals surface area contributed by atoms with Crippen molar-refractivity contribution >= 4 is 17.8 Å². The largest absolute Gasteiger partial charge is 0.496 e. The highest BCUT2D eigenvalue weighted by Gasteiger charge is 2.55. The fraction of sp³-hybridized carbons (Fsp3) is 0.452. The van der Waals surface area contributed by atoms with Crippen LogP contribution in [-0.2, 0) is 9.53 Å². The Morgan fingerprint density at radius 3 is 2.38 bits per heavy atom. The molecule has 3 fully saturated rings. The van der Waals surface area contributed by atoms with Gasteiger partial charge < -0.3 is 19.9 Å². The molecule has 0 unspecified atom stereocenters. The number of fused-ring (bicyclic) bond motifs is 2. The molecule has 0 saturated heterocycles. The van der Waals surface area contributed by atoms with Gasteiger partial charge in [-0.25, -0.2) is 9.18 Å². The second-order valence-electron chi connectivity index (χ2n) is 11.8. The normalized spacial score (nSPS) is 25.0. The molecule has 39 heavy (non-hydrogen) atoms. The second-order valence-corrected chi connectivity index (χ2v) is 11.8. The molecule has 2 aromatic rings. The van der Waals surface area contributed by atoms with Gasteiger partial charge >= 0.3 is 11.9 Å². The Balaban J connectivity index is 1.45. The summed E-state index contributed by atoms with van der Waals surface area (Å²) < 4.78 is 25.8. The van der Waals surface area contributed by atoms with Gasteiger partial charge in [-0.3, -0.25) is 9.59 Å². The van der Waals surface area contributed by atoms with E-state index in [4.69, 9.17) is 9.47 Å². The number of esters is 1. The number of carboxylic acids is 1. The van der Waals surface area contributed by atoms with Crippen molar-refractivity contribution in [2.75, 3.05) is 7.11 Å². The number of ether oxygens (including phenoxy) is 2. The standard InChI is InChI=1S/C31H34FNO6/c1-31(2,3)39-30(37)18-7-11-24(32)21(15-18)17-8-12-25(38-4)23(14-17)28(34)33-27-20-10-9-19(26(27)29(35)36)22(20)13-16-5-6-16/h7-8,11-16,19-20,26-27H,5-6,9-10H2,1-4H3,(H,33,34)(H,35,36)/b22-13-/t19-,20+,26-,27+/m0/s1. The number of rotatable bonds is 7. The Hall–Kier alpha value is -3.68. The van der Waals surface area contributed by atoms with Crippen LogP contribution in [0.5, 0.6) is 5.75 Å². The maximum atomic E-state index is 14.9. The van der Waals surface area contributed by atoms with Crippen molar-refractivity contribution < 1.29 is 33.4 Å². The minimum atomic E-state index is -0.907. The first kappa shape index (κ1) is 26.9. The quantitative estimate of drug-likeness (QED) is 0.352. The average molecular weight is 536 g/mol. The van der Waals surface area contributed by atoms with E-state index in [2.05, 4.69) is 11.4 Å². The molecule has 4 atom stereocenters. The summed E-state index contributed by atoms with van der Waals surface area (Å²) in [6, 6.07) is 8.11. The first-order valence-electron chi connectivity index (χ1n) is 13.4. The number of halogens is 1. The van der Waals surface area contributed by atoms with E-state index in [1.165, 1.54) is 36.9 Å². The van der Waals surface area contributed by atoms with Gasteiger partial charge in [0, 0.05) is 17.5 Å². The van der Waals surface area contributed by atoms with Crippen molar-refractivity contribution in [3.63, 3.8) is 0 Å². The van der Waals surface area contributed by atoms with Crippen molar-refractivity contribution in [2.24, 2.45) is 23.7 Å². The van der Waals surface area contributed by atoms with Gasteiger partial charge in [-0.2, -0.15) is 0 Å². The zero-order valence-corrected chi connectivity index (χ0v) is 22.6. The fourth-order valence-corrected chi connectivity index (χ4v) is 6.03. The van der Waals surface area contributed by atoms with Crippen molar-refractivity contribution in [3.05, 3.63) is 65.0 Å². The van der Waals surface area contributed by atoms with Crippen LogP contribution < -0.4 is 10.1 Å². The molecular weight excluding hydrogens is 501 g/mol. The first-order valence-corrected chi connectivity index (χ1v) is 13.4. The van der Waals surface area contributed by atoms with Crippen LogP contribution in [0.25, 0.3) is 11.1 Å². The number of hydrogen-bond donors (Lipinski definition) is 2. The van der Waals surface area contributed by atoms with Crippen LogP contribution in [0.1, 0.15) is 67.2 Å². The maximum absolute atomic E-state index is 14.9. The Bertz CT molecular complexity index is 1360. The SMILES string of the molecule is COc1ccc(-c2cc(C(=O)OC(C)(C)C)ccc2F)cc1C(=O)N[C@H]1[C@@H](C(=O)O)[C@H]2CC[C@@H]1/C2=C\C1CC1. The predicted molar refractivity (Wildman–Crippen MR) is 143 cm³/mol. The Morgan fingerprint density at radius 1 is 1.03 bits per heavy atom. The smallest absolute Gasteiger partial charge is 0.338 e. The summed E-state index contributed by atoms with van der Waals surface area (Å²) in [5.74, 6) is -2.47. The van der Waals surface area contributed by atoms with Gasteiger partial charge in [-0.05, 0) is 94.2 Å². The Kier molecular flexibility index (Phi) is 6.99.